The van der Waals surface area contributed by atoms with Crippen LogP contribution < -0.4 is 5.73 Å². The van der Waals surface area contributed by atoms with Gasteiger partial charge in [0, 0.05) is 6.20 Å². The van der Waals surface area contributed by atoms with Crippen LogP contribution in [-0.2, 0) is 9.47 Å². The summed E-state index contributed by atoms with van der Waals surface area (Å²) in [4.78, 5) is 26.0. The Morgan fingerprint density at radius 1 is 1.27 bits per heavy atom. The van der Waals surface area contributed by atoms with E-state index in [9.17, 15) is 9.59 Å². The summed E-state index contributed by atoms with van der Waals surface area (Å²) in [6.45, 7) is 0. The minimum absolute atomic E-state index is 0.00880. The van der Waals surface area contributed by atoms with Crippen LogP contribution in [0.5, 0.6) is 0 Å². The Labute approximate surface area is 86.0 Å². The number of carbonyl (C=O) groups is 2. The molecule has 0 bridgehead atoms. The monoisotopic (exact) mass is 210 g/mol. The molecule has 2 N–H and O–H groups in total. The van der Waals surface area contributed by atoms with Crippen LogP contribution in [0.1, 0.15) is 20.7 Å². The molecule has 1 rings (SSSR count). The summed E-state index contributed by atoms with van der Waals surface area (Å²) < 4.78 is 8.95. The van der Waals surface area contributed by atoms with E-state index in [1.807, 2.05) is 0 Å². The van der Waals surface area contributed by atoms with Gasteiger partial charge in [0.05, 0.1) is 19.8 Å². The number of carbonyl (C=O) groups excluding carboxylic acids is 2. The van der Waals surface area contributed by atoms with Gasteiger partial charge in [-0.25, -0.2) is 14.6 Å². The van der Waals surface area contributed by atoms with Gasteiger partial charge in [-0.2, -0.15) is 0 Å². The minimum atomic E-state index is -0.647. The highest BCUT2D eigenvalue weighted by atomic mass is 16.5. The number of esters is 2. The van der Waals surface area contributed by atoms with Crippen molar-refractivity contribution in [2.24, 2.45) is 0 Å². The van der Waals surface area contributed by atoms with Gasteiger partial charge in [-0.3, -0.25) is 0 Å². The van der Waals surface area contributed by atoms with Crippen LogP contribution >= 0.6 is 0 Å². The summed E-state index contributed by atoms with van der Waals surface area (Å²) in [5.41, 5.74) is 5.63. The lowest BCUT2D eigenvalue weighted by Gasteiger charge is -2.04. The van der Waals surface area contributed by atoms with E-state index in [4.69, 9.17) is 5.73 Å². The average Bonchev–Trinajstić information content (AvgIpc) is 2.27. The highest BCUT2D eigenvalue weighted by Crippen LogP contribution is 2.12. The van der Waals surface area contributed by atoms with E-state index < -0.39 is 11.9 Å². The highest BCUT2D eigenvalue weighted by molar-refractivity contribution is 5.98. The van der Waals surface area contributed by atoms with Gasteiger partial charge in [0.1, 0.15) is 11.4 Å². The van der Waals surface area contributed by atoms with Crippen molar-refractivity contribution in [2.45, 2.75) is 0 Å². The number of methoxy groups -OCH3 is 2. The lowest BCUT2D eigenvalue weighted by Crippen LogP contribution is -2.10. The van der Waals surface area contributed by atoms with Crippen LogP contribution in [0.15, 0.2) is 12.3 Å². The van der Waals surface area contributed by atoms with Gasteiger partial charge in [0.15, 0.2) is 0 Å². The zero-order valence-corrected chi connectivity index (χ0v) is 8.31. The second-order valence-corrected chi connectivity index (χ2v) is 2.64. The van der Waals surface area contributed by atoms with E-state index in [2.05, 4.69) is 14.5 Å². The number of pyridine rings is 1. The van der Waals surface area contributed by atoms with Crippen molar-refractivity contribution in [3.63, 3.8) is 0 Å². The number of nitrogens with zero attached hydrogens (tertiary/aromatic N) is 1. The Balaban J connectivity index is 3.16. The molecule has 0 aromatic carbocycles. The second-order valence-electron chi connectivity index (χ2n) is 2.64. The predicted octanol–water partition coefficient (Wildman–Crippen LogP) is 0.237. The van der Waals surface area contributed by atoms with Crippen molar-refractivity contribution in [2.75, 3.05) is 20.0 Å². The molecule has 0 atom stereocenters. The summed E-state index contributed by atoms with van der Waals surface area (Å²) in [5.74, 6) is -1.23. The molecule has 6 heteroatoms. The first-order valence-corrected chi connectivity index (χ1v) is 4.02. The van der Waals surface area contributed by atoms with Gasteiger partial charge < -0.3 is 15.2 Å². The van der Waals surface area contributed by atoms with E-state index >= 15 is 0 Å². The molecule has 0 aliphatic rings. The molecule has 0 fully saturated rings. The number of nitrogen functional groups attached to an aromatic ring is 1. The van der Waals surface area contributed by atoms with Crippen LogP contribution in [0.3, 0.4) is 0 Å². The van der Waals surface area contributed by atoms with Crippen LogP contribution in [0.4, 0.5) is 5.82 Å². The van der Waals surface area contributed by atoms with Crippen molar-refractivity contribution in [3.8, 4) is 0 Å². The Kier molecular flexibility index (Phi) is 3.22. The number of hydrogen-bond donors (Lipinski definition) is 1. The van der Waals surface area contributed by atoms with Gasteiger partial charge >= 0.3 is 11.9 Å². The molecule has 0 amide bonds. The first-order chi connectivity index (χ1) is 7.10. The molecule has 1 aromatic rings. The lowest BCUT2D eigenvalue weighted by atomic mass is 10.2. The maximum atomic E-state index is 11.2. The highest BCUT2D eigenvalue weighted by Gasteiger charge is 2.15. The predicted molar refractivity (Wildman–Crippen MR) is 51.3 cm³/mol. The van der Waals surface area contributed by atoms with Gasteiger partial charge in [-0.15, -0.1) is 0 Å². The first-order valence-electron chi connectivity index (χ1n) is 4.02. The molecule has 6 nitrogen and oxygen atoms in total. The van der Waals surface area contributed by atoms with Gasteiger partial charge in [0.25, 0.3) is 0 Å². The normalized spacial score (nSPS) is 9.47. The summed E-state index contributed by atoms with van der Waals surface area (Å²) in [6, 6.07) is 1.28. The third kappa shape index (κ3) is 2.22. The minimum Gasteiger partial charge on any atom is -0.465 e. The van der Waals surface area contributed by atoms with Crippen molar-refractivity contribution in [3.05, 3.63) is 23.4 Å². The van der Waals surface area contributed by atoms with Crippen molar-refractivity contribution >= 4 is 17.8 Å². The topological polar surface area (TPSA) is 91.5 Å². The number of hydrogen-bond acceptors (Lipinski definition) is 6. The summed E-state index contributed by atoms with van der Waals surface area (Å²) in [5, 5.41) is 0. The Hall–Kier alpha value is -2.11. The molecule has 1 heterocycles. The molecular formula is C9H10N2O4. The average molecular weight is 210 g/mol. The van der Waals surface area contributed by atoms with Crippen molar-refractivity contribution in [1.29, 1.82) is 0 Å². The lowest BCUT2D eigenvalue weighted by molar-refractivity contribution is 0.0599. The van der Waals surface area contributed by atoms with Crippen LogP contribution in [-0.4, -0.2) is 31.1 Å². The first kappa shape index (κ1) is 11.0. The molecular weight excluding hydrogens is 200 g/mol. The van der Waals surface area contributed by atoms with Crippen LogP contribution in [0.25, 0.3) is 0 Å². The smallest absolute Gasteiger partial charge is 0.341 e. The molecule has 15 heavy (non-hydrogen) atoms. The molecule has 0 unspecified atom stereocenters. The zero-order chi connectivity index (χ0) is 11.4. The SMILES string of the molecule is COC(=O)c1cnc(N)c(C(=O)OC)c1. The summed E-state index contributed by atoms with van der Waals surface area (Å²) >= 11 is 0. The van der Waals surface area contributed by atoms with E-state index in [1.54, 1.807) is 0 Å². The molecule has 0 aliphatic heterocycles. The third-order valence-electron chi connectivity index (χ3n) is 1.74. The largest absolute Gasteiger partial charge is 0.465 e. The zero-order valence-electron chi connectivity index (χ0n) is 8.31. The maximum absolute atomic E-state index is 11.2. The molecule has 0 spiro atoms. The molecule has 80 valence electrons. The fraction of sp³-hybridized carbons (Fsp3) is 0.222. The molecule has 1 aromatic heterocycles. The van der Waals surface area contributed by atoms with E-state index in [0.717, 1.165) is 0 Å². The summed E-state index contributed by atoms with van der Waals surface area (Å²) in [6.07, 6.45) is 1.23. The third-order valence-corrected chi connectivity index (χ3v) is 1.74. The Morgan fingerprint density at radius 2 is 1.87 bits per heavy atom. The standard InChI is InChI=1S/C9H10N2O4/c1-14-8(12)5-3-6(9(13)15-2)7(10)11-4-5/h3-4H,1-2H3,(H2,10,11). The summed E-state index contributed by atoms with van der Waals surface area (Å²) in [7, 11) is 2.45. The van der Waals surface area contributed by atoms with Crippen LogP contribution in [0, 0.1) is 0 Å². The van der Waals surface area contributed by atoms with Gasteiger partial charge in [-0.05, 0) is 6.07 Å². The van der Waals surface area contributed by atoms with E-state index in [0.29, 0.717) is 0 Å². The van der Waals surface area contributed by atoms with Crippen molar-refractivity contribution < 1.29 is 19.1 Å². The number of nitrogens with two attached hydrogens (primary N) is 1. The number of aromatic nitrogens is 1. The van der Waals surface area contributed by atoms with Gasteiger partial charge in [-0.1, -0.05) is 0 Å². The Bertz CT molecular complexity index is 403. The Morgan fingerprint density at radius 3 is 2.40 bits per heavy atom. The van der Waals surface area contributed by atoms with E-state index in [-0.39, 0.29) is 16.9 Å². The number of anilines is 1. The second kappa shape index (κ2) is 4.41. The molecule has 0 aliphatic carbocycles. The number of ether oxygens (including phenoxy) is 2. The van der Waals surface area contributed by atoms with Gasteiger partial charge in [0.2, 0.25) is 0 Å². The van der Waals surface area contributed by atoms with Crippen molar-refractivity contribution in [1.82, 2.24) is 4.98 Å². The van der Waals surface area contributed by atoms with Crippen LogP contribution in [0.2, 0.25) is 0 Å². The molecule has 0 saturated carbocycles. The van der Waals surface area contributed by atoms with E-state index in [1.165, 1.54) is 26.5 Å². The fourth-order valence-corrected chi connectivity index (χ4v) is 0.978. The number of rotatable bonds is 2. The fourth-order valence-electron chi connectivity index (χ4n) is 0.978. The maximum Gasteiger partial charge on any atom is 0.341 e. The quantitative estimate of drug-likeness (QED) is 0.703. The molecule has 0 saturated heterocycles. The molecule has 0 radical (unpaired) electrons.